The molecule has 0 saturated carbocycles. The van der Waals surface area contributed by atoms with Crippen molar-refractivity contribution in [2.24, 2.45) is 0 Å². The Balaban J connectivity index is 2.39. The van der Waals surface area contributed by atoms with Crippen molar-refractivity contribution in [2.75, 3.05) is 7.11 Å². The number of hydrogen-bond acceptors (Lipinski definition) is 6. The number of phenolic OH excluding ortho intramolecular Hbond substituents is 1. The lowest BCUT2D eigenvalue weighted by molar-refractivity contribution is -0.388. The number of ether oxygens (including phenoxy) is 1. The lowest BCUT2D eigenvalue weighted by Gasteiger charge is -2.04. The van der Waals surface area contributed by atoms with Gasteiger partial charge < -0.3 is 9.84 Å². The van der Waals surface area contributed by atoms with Crippen LogP contribution in [-0.4, -0.2) is 22.1 Å². The largest absolute Gasteiger partial charge is 0.508 e. The molecule has 0 saturated heterocycles. The number of methoxy groups -OCH3 is 1. The molecule has 0 aliphatic rings. The molecule has 0 unspecified atom stereocenters. The molecular formula is C12H10N2O4S. The van der Waals surface area contributed by atoms with Gasteiger partial charge in [-0.25, -0.2) is 0 Å². The molecule has 0 aliphatic carbocycles. The van der Waals surface area contributed by atoms with Crippen molar-refractivity contribution < 1.29 is 14.8 Å². The third-order valence-corrected chi connectivity index (χ3v) is 3.24. The Morgan fingerprint density at radius 2 is 2.16 bits per heavy atom. The van der Waals surface area contributed by atoms with E-state index in [0.29, 0.717) is 10.8 Å². The summed E-state index contributed by atoms with van der Waals surface area (Å²) >= 11 is 1.09. The van der Waals surface area contributed by atoms with Gasteiger partial charge in [0.25, 0.3) is 0 Å². The molecule has 0 fully saturated rings. The minimum Gasteiger partial charge on any atom is -0.508 e. The second-order valence-electron chi connectivity index (χ2n) is 3.53. The first-order valence-corrected chi connectivity index (χ1v) is 6.08. The monoisotopic (exact) mass is 278 g/mol. The highest BCUT2D eigenvalue weighted by Crippen LogP contribution is 2.35. The van der Waals surface area contributed by atoms with Gasteiger partial charge in [-0.05, 0) is 18.2 Å². The Morgan fingerprint density at radius 3 is 2.79 bits per heavy atom. The summed E-state index contributed by atoms with van der Waals surface area (Å²) in [5.74, 6) is 0.392. The summed E-state index contributed by atoms with van der Waals surface area (Å²) in [5, 5.41) is 20.5. The van der Waals surface area contributed by atoms with Crippen LogP contribution >= 0.6 is 11.8 Å². The normalized spacial score (nSPS) is 10.2. The van der Waals surface area contributed by atoms with Gasteiger partial charge in [0.2, 0.25) is 5.88 Å². The fraction of sp³-hybridized carbons (Fsp3) is 0.0833. The van der Waals surface area contributed by atoms with Gasteiger partial charge in [-0.3, -0.25) is 10.1 Å². The Bertz CT molecular complexity index is 618. The molecule has 1 aromatic carbocycles. The van der Waals surface area contributed by atoms with Crippen molar-refractivity contribution in [3.63, 3.8) is 0 Å². The summed E-state index contributed by atoms with van der Waals surface area (Å²) < 4.78 is 4.95. The number of benzene rings is 1. The predicted octanol–water partition coefficient (Wildman–Crippen LogP) is 2.86. The number of aromatic hydroxyl groups is 1. The fourth-order valence-corrected chi connectivity index (χ4v) is 2.33. The number of hydrogen-bond donors (Lipinski definition) is 1. The highest BCUT2D eigenvalue weighted by Gasteiger charge is 2.17. The van der Waals surface area contributed by atoms with Gasteiger partial charge in [-0.2, -0.15) is 4.98 Å². The van der Waals surface area contributed by atoms with Gasteiger partial charge in [0.15, 0.2) is 5.03 Å². The van der Waals surface area contributed by atoms with Crippen LogP contribution in [-0.2, 0) is 0 Å². The highest BCUT2D eigenvalue weighted by molar-refractivity contribution is 7.99. The Hall–Kier alpha value is -2.28. The van der Waals surface area contributed by atoms with Crippen LogP contribution in [0.15, 0.2) is 46.3 Å². The quantitative estimate of drug-likeness (QED) is 0.683. The van der Waals surface area contributed by atoms with E-state index in [-0.39, 0.29) is 16.5 Å². The van der Waals surface area contributed by atoms with Crippen LogP contribution in [0.4, 0.5) is 5.69 Å². The molecular weight excluding hydrogens is 268 g/mol. The van der Waals surface area contributed by atoms with Crippen molar-refractivity contribution in [1.29, 1.82) is 0 Å². The average Bonchev–Trinajstić information content (AvgIpc) is 2.38. The van der Waals surface area contributed by atoms with Crippen LogP contribution in [0, 0.1) is 10.1 Å². The third-order valence-electron chi connectivity index (χ3n) is 2.25. The smallest absolute Gasteiger partial charge is 0.302 e. The first-order valence-electron chi connectivity index (χ1n) is 5.26. The second kappa shape index (κ2) is 5.57. The molecule has 0 aliphatic heterocycles. The molecule has 0 spiro atoms. The molecule has 98 valence electrons. The Labute approximate surface area is 113 Å². The molecule has 6 nitrogen and oxygen atoms in total. The van der Waals surface area contributed by atoms with E-state index in [2.05, 4.69) is 4.98 Å². The first kappa shape index (κ1) is 13.2. The molecule has 7 heteroatoms. The van der Waals surface area contributed by atoms with E-state index in [4.69, 9.17) is 4.74 Å². The maximum absolute atomic E-state index is 10.9. The predicted molar refractivity (Wildman–Crippen MR) is 69.7 cm³/mol. The number of nitrogens with zero attached hydrogens (tertiary/aromatic N) is 2. The van der Waals surface area contributed by atoms with Crippen LogP contribution in [0.1, 0.15) is 0 Å². The SMILES string of the molecule is COc1ccc([N+](=O)[O-])c(Sc2cccc(O)c2)n1. The van der Waals surface area contributed by atoms with E-state index < -0.39 is 4.92 Å². The number of aromatic nitrogens is 1. The highest BCUT2D eigenvalue weighted by atomic mass is 32.2. The van der Waals surface area contributed by atoms with Crippen LogP contribution in [0.5, 0.6) is 11.6 Å². The van der Waals surface area contributed by atoms with Crippen LogP contribution < -0.4 is 4.74 Å². The molecule has 2 rings (SSSR count). The maximum atomic E-state index is 10.9. The standard InChI is InChI=1S/C12H10N2O4S/c1-18-11-6-5-10(14(16)17)12(13-11)19-9-4-2-3-8(15)7-9/h2-7,15H,1H3. The average molecular weight is 278 g/mol. The molecule has 1 heterocycles. The Morgan fingerprint density at radius 1 is 1.37 bits per heavy atom. The van der Waals surface area contributed by atoms with Crippen LogP contribution in [0.25, 0.3) is 0 Å². The molecule has 2 aromatic rings. The lowest BCUT2D eigenvalue weighted by atomic mass is 10.3. The minimum atomic E-state index is -0.502. The van der Waals surface area contributed by atoms with Gasteiger partial charge in [0.05, 0.1) is 12.0 Å². The number of rotatable bonds is 4. The van der Waals surface area contributed by atoms with Gasteiger partial charge in [0.1, 0.15) is 5.75 Å². The number of phenols is 1. The topological polar surface area (TPSA) is 85.5 Å². The van der Waals surface area contributed by atoms with Crippen molar-refractivity contribution in [2.45, 2.75) is 9.92 Å². The van der Waals surface area contributed by atoms with E-state index in [0.717, 1.165) is 11.8 Å². The molecule has 0 radical (unpaired) electrons. The van der Waals surface area contributed by atoms with Crippen molar-refractivity contribution >= 4 is 17.4 Å². The summed E-state index contributed by atoms with van der Waals surface area (Å²) in [5.41, 5.74) is -0.103. The van der Waals surface area contributed by atoms with Crippen LogP contribution in [0.2, 0.25) is 0 Å². The summed E-state index contributed by atoms with van der Waals surface area (Å²) in [6, 6.07) is 9.20. The van der Waals surface area contributed by atoms with E-state index in [1.807, 2.05) is 0 Å². The van der Waals surface area contributed by atoms with E-state index in [9.17, 15) is 15.2 Å². The van der Waals surface area contributed by atoms with Crippen molar-refractivity contribution in [3.8, 4) is 11.6 Å². The third kappa shape index (κ3) is 3.14. The number of nitro groups is 1. The van der Waals surface area contributed by atoms with E-state index >= 15 is 0 Å². The van der Waals surface area contributed by atoms with Crippen molar-refractivity contribution in [3.05, 3.63) is 46.5 Å². The van der Waals surface area contributed by atoms with Gasteiger partial charge in [-0.1, -0.05) is 17.8 Å². The molecule has 1 N–H and O–H groups in total. The second-order valence-corrected chi connectivity index (χ2v) is 4.60. The molecule has 0 bridgehead atoms. The minimum absolute atomic E-state index is 0.0931. The zero-order chi connectivity index (χ0) is 13.8. The molecule has 19 heavy (non-hydrogen) atoms. The molecule has 1 aromatic heterocycles. The zero-order valence-corrected chi connectivity index (χ0v) is 10.8. The van der Waals surface area contributed by atoms with E-state index in [1.165, 1.54) is 31.4 Å². The summed E-state index contributed by atoms with van der Waals surface area (Å²) in [6.45, 7) is 0. The summed E-state index contributed by atoms with van der Waals surface area (Å²) in [7, 11) is 1.44. The summed E-state index contributed by atoms with van der Waals surface area (Å²) in [6.07, 6.45) is 0. The van der Waals surface area contributed by atoms with Gasteiger partial charge >= 0.3 is 5.69 Å². The first-order chi connectivity index (χ1) is 9.10. The fourth-order valence-electron chi connectivity index (χ4n) is 1.40. The zero-order valence-electron chi connectivity index (χ0n) is 9.94. The lowest BCUT2D eigenvalue weighted by Crippen LogP contribution is -1.95. The van der Waals surface area contributed by atoms with Crippen LogP contribution in [0.3, 0.4) is 0 Å². The molecule has 0 atom stereocenters. The Kier molecular flexibility index (Phi) is 3.86. The maximum Gasteiger partial charge on any atom is 0.302 e. The van der Waals surface area contributed by atoms with Gasteiger partial charge in [-0.15, -0.1) is 0 Å². The molecule has 0 amide bonds. The number of pyridine rings is 1. The van der Waals surface area contributed by atoms with Crippen molar-refractivity contribution in [1.82, 2.24) is 4.98 Å². The van der Waals surface area contributed by atoms with E-state index in [1.54, 1.807) is 12.1 Å². The van der Waals surface area contributed by atoms with Gasteiger partial charge in [0, 0.05) is 17.0 Å². The summed E-state index contributed by atoms with van der Waals surface area (Å²) in [4.78, 5) is 15.1.